The summed E-state index contributed by atoms with van der Waals surface area (Å²) in [6.45, 7) is 7.26. The summed E-state index contributed by atoms with van der Waals surface area (Å²) >= 11 is 0. The number of aromatic nitrogens is 3. The van der Waals surface area contributed by atoms with E-state index in [4.69, 9.17) is 5.73 Å². The number of aryl methyl sites for hydroxylation is 1. The minimum absolute atomic E-state index is 0.403. The van der Waals surface area contributed by atoms with Crippen LogP contribution in [0.3, 0.4) is 0 Å². The Balaban J connectivity index is 2.73. The van der Waals surface area contributed by atoms with E-state index in [0.717, 1.165) is 23.5 Å². The minimum Gasteiger partial charge on any atom is -0.397 e. The molecule has 0 spiro atoms. The molecule has 0 fully saturated rings. The van der Waals surface area contributed by atoms with Crippen LogP contribution in [0.15, 0.2) is 12.3 Å². The van der Waals surface area contributed by atoms with Crippen molar-refractivity contribution in [1.29, 1.82) is 0 Å². The number of nitrogens with zero attached hydrogens (tertiary/aromatic N) is 3. The number of hydrogen-bond donors (Lipinski definition) is 1. The van der Waals surface area contributed by atoms with E-state index in [9.17, 15) is 0 Å². The molecule has 0 atom stereocenters. The Hall–Kier alpha value is -1.58. The number of imidazole rings is 1. The van der Waals surface area contributed by atoms with Crippen LogP contribution in [-0.4, -0.2) is 14.5 Å². The van der Waals surface area contributed by atoms with Gasteiger partial charge in [-0.05, 0) is 13.0 Å². The number of rotatable bonds is 2. The average Bonchev–Trinajstić information content (AvgIpc) is 2.55. The van der Waals surface area contributed by atoms with Crippen molar-refractivity contribution >= 4 is 16.9 Å². The van der Waals surface area contributed by atoms with Crippen molar-refractivity contribution in [2.45, 2.75) is 33.2 Å². The van der Waals surface area contributed by atoms with Gasteiger partial charge in [-0.1, -0.05) is 13.8 Å². The molecular formula is C11H16N4. The van der Waals surface area contributed by atoms with Gasteiger partial charge >= 0.3 is 0 Å². The van der Waals surface area contributed by atoms with Crippen LogP contribution in [0, 0.1) is 0 Å². The fourth-order valence-corrected chi connectivity index (χ4v) is 1.80. The van der Waals surface area contributed by atoms with Gasteiger partial charge in [-0.2, -0.15) is 0 Å². The van der Waals surface area contributed by atoms with Gasteiger partial charge in [0.25, 0.3) is 0 Å². The van der Waals surface area contributed by atoms with Gasteiger partial charge in [-0.25, -0.2) is 9.97 Å². The molecule has 0 aliphatic carbocycles. The maximum atomic E-state index is 5.69. The molecule has 2 N–H and O–H groups in total. The van der Waals surface area contributed by atoms with E-state index >= 15 is 0 Å². The van der Waals surface area contributed by atoms with Crippen molar-refractivity contribution in [2.24, 2.45) is 0 Å². The zero-order valence-electron chi connectivity index (χ0n) is 9.36. The van der Waals surface area contributed by atoms with Crippen molar-refractivity contribution in [3.63, 3.8) is 0 Å². The monoisotopic (exact) mass is 204 g/mol. The first kappa shape index (κ1) is 9.96. The highest BCUT2D eigenvalue weighted by Crippen LogP contribution is 2.21. The van der Waals surface area contributed by atoms with E-state index in [1.165, 1.54) is 0 Å². The van der Waals surface area contributed by atoms with Crippen LogP contribution in [0.25, 0.3) is 11.2 Å². The molecule has 0 unspecified atom stereocenters. The zero-order chi connectivity index (χ0) is 11.0. The van der Waals surface area contributed by atoms with E-state index in [0.29, 0.717) is 11.6 Å². The number of anilines is 1. The van der Waals surface area contributed by atoms with Crippen molar-refractivity contribution in [1.82, 2.24) is 14.5 Å². The highest BCUT2D eigenvalue weighted by Gasteiger charge is 2.13. The van der Waals surface area contributed by atoms with Crippen LogP contribution in [-0.2, 0) is 6.54 Å². The van der Waals surface area contributed by atoms with Gasteiger partial charge in [0.1, 0.15) is 11.3 Å². The minimum atomic E-state index is 0.403. The van der Waals surface area contributed by atoms with Gasteiger partial charge in [-0.15, -0.1) is 0 Å². The second-order valence-electron chi connectivity index (χ2n) is 3.98. The number of nitrogen functional groups attached to an aromatic ring is 1. The second kappa shape index (κ2) is 3.53. The SMILES string of the molecule is CCn1c(C(C)C)nc2cc(N)cnc21. The summed E-state index contributed by atoms with van der Waals surface area (Å²) in [6, 6.07) is 1.88. The summed E-state index contributed by atoms with van der Waals surface area (Å²) in [6.07, 6.45) is 1.68. The Morgan fingerprint density at radius 1 is 1.47 bits per heavy atom. The Bertz CT molecular complexity index is 485. The Morgan fingerprint density at radius 3 is 2.80 bits per heavy atom. The van der Waals surface area contributed by atoms with E-state index in [1.807, 2.05) is 6.07 Å². The molecule has 0 aliphatic heterocycles. The quantitative estimate of drug-likeness (QED) is 0.815. The largest absolute Gasteiger partial charge is 0.397 e. The lowest BCUT2D eigenvalue weighted by molar-refractivity contribution is 0.663. The predicted molar refractivity (Wildman–Crippen MR) is 61.7 cm³/mol. The van der Waals surface area contributed by atoms with Crippen molar-refractivity contribution in [2.75, 3.05) is 5.73 Å². The first-order valence-electron chi connectivity index (χ1n) is 5.25. The maximum Gasteiger partial charge on any atom is 0.160 e. The lowest BCUT2D eigenvalue weighted by Crippen LogP contribution is -2.03. The van der Waals surface area contributed by atoms with Crippen LogP contribution >= 0.6 is 0 Å². The maximum absolute atomic E-state index is 5.69. The van der Waals surface area contributed by atoms with Crippen LogP contribution in [0.5, 0.6) is 0 Å². The fourth-order valence-electron chi connectivity index (χ4n) is 1.80. The van der Waals surface area contributed by atoms with Crippen LogP contribution < -0.4 is 5.73 Å². The summed E-state index contributed by atoms with van der Waals surface area (Å²) in [7, 11) is 0. The van der Waals surface area contributed by atoms with Gasteiger partial charge < -0.3 is 10.3 Å². The number of pyridine rings is 1. The average molecular weight is 204 g/mol. The van der Waals surface area contributed by atoms with Crippen molar-refractivity contribution in [3.05, 3.63) is 18.1 Å². The van der Waals surface area contributed by atoms with E-state index in [-0.39, 0.29) is 0 Å². The number of hydrogen-bond acceptors (Lipinski definition) is 3. The molecule has 2 heterocycles. The molecular weight excluding hydrogens is 188 g/mol. The predicted octanol–water partition coefficient (Wildman–Crippen LogP) is 2.16. The van der Waals surface area contributed by atoms with E-state index < -0.39 is 0 Å². The van der Waals surface area contributed by atoms with E-state index in [2.05, 4.69) is 35.3 Å². The Labute approximate surface area is 89.1 Å². The van der Waals surface area contributed by atoms with Gasteiger partial charge in [0.2, 0.25) is 0 Å². The molecule has 0 radical (unpaired) electrons. The van der Waals surface area contributed by atoms with Gasteiger partial charge in [-0.3, -0.25) is 0 Å². The zero-order valence-corrected chi connectivity index (χ0v) is 9.36. The van der Waals surface area contributed by atoms with Crippen molar-refractivity contribution < 1.29 is 0 Å². The van der Waals surface area contributed by atoms with Gasteiger partial charge in [0.05, 0.1) is 11.9 Å². The number of nitrogens with two attached hydrogens (primary N) is 1. The van der Waals surface area contributed by atoms with E-state index in [1.54, 1.807) is 6.20 Å². The fraction of sp³-hybridized carbons (Fsp3) is 0.455. The van der Waals surface area contributed by atoms with Crippen LogP contribution in [0.4, 0.5) is 5.69 Å². The highest BCUT2D eigenvalue weighted by molar-refractivity contribution is 5.75. The lowest BCUT2D eigenvalue weighted by atomic mass is 10.2. The van der Waals surface area contributed by atoms with Gasteiger partial charge in [0, 0.05) is 12.5 Å². The third kappa shape index (κ3) is 1.56. The lowest BCUT2D eigenvalue weighted by Gasteiger charge is -2.07. The van der Waals surface area contributed by atoms with Crippen LogP contribution in [0.2, 0.25) is 0 Å². The molecule has 15 heavy (non-hydrogen) atoms. The molecule has 0 bridgehead atoms. The molecule has 2 rings (SSSR count). The molecule has 0 aliphatic rings. The Kier molecular flexibility index (Phi) is 2.34. The summed E-state index contributed by atoms with van der Waals surface area (Å²) in [5, 5.41) is 0. The topological polar surface area (TPSA) is 56.7 Å². The molecule has 4 nitrogen and oxygen atoms in total. The highest BCUT2D eigenvalue weighted by atomic mass is 15.1. The molecule has 0 aromatic carbocycles. The first-order chi connectivity index (χ1) is 7.13. The smallest absolute Gasteiger partial charge is 0.160 e. The molecule has 80 valence electrons. The second-order valence-corrected chi connectivity index (χ2v) is 3.98. The number of fused-ring (bicyclic) bond motifs is 1. The molecule has 0 saturated carbocycles. The molecule has 2 aromatic heterocycles. The summed E-state index contributed by atoms with van der Waals surface area (Å²) in [5.74, 6) is 1.48. The molecule has 2 aromatic rings. The summed E-state index contributed by atoms with van der Waals surface area (Å²) < 4.78 is 2.14. The Morgan fingerprint density at radius 2 is 2.20 bits per heavy atom. The third-order valence-electron chi connectivity index (χ3n) is 2.47. The first-order valence-corrected chi connectivity index (χ1v) is 5.25. The van der Waals surface area contributed by atoms with Crippen molar-refractivity contribution in [3.8, 4) is 0 Å². The molecule has 0 amide bonds. The van der Waals surface area contributed by atoms with Crippen LogP contribution in [0.1, 0.15) is 32.5 Å². The standard InChI is InChI=1S/C11H16N4/c1-4-15-10(7(2)3)14-9-5-8(12)6-13-11(9)15/h5-7H,4,12H2,1-3H3. The third-order valence-corrected chi connectivity index (χ3v) is 2.47. The molecule has 4 heteroatoms. The summed E-state index contributed by atoms with van der Waals surface area (Å²) in [5.41, 5.74) is 8.17. The van der Waals surface area contributed by atoms with Gasteiger partial charge in [0.15, 0.2) is 5.65 Å². The molecule has 0 saturated heterocycles. The summed E-state index contributed by atoms with van der Waals surface area (Å²) in [4.78, 5) is 8.89. The normalized spacial score (nSPS) is 11.5.